The van der Waals surface area contributed by atoms with Gasteiger partial charge in [0.15, 0.2) is 0 Å². The lowest BCUT2D eigenvalue weighted by Gasteiger charge is -2.35. The largest absolute Gasteiger partial charge is 0.443 e. The average Bonchev–Trinajstić information content (AvgIpc) is 2.25. The van der Waals surface area contributed by atoms with E-state index in [1.165, 1.54) is 0 Å². The molecule has 1 atom stereocenters. The quantitative estimate of drug-likeness (QED) is 0.680. The molecule has 1 aliphatic rings. The van der Waals surface area contributed by atoms with Crippen molar-refractivity contribution >= 4 is 23.5 Å². The lowest BCUT2D eigenvalue weighted by atomic mass is 10.0. The van der Waals surface area contributed by atoms with E-state index >= 15 is 0 Å². The number of hydrogen-bond donors (Lipinski definition) is 0. The van der Waals surface area contributed by atoms with Crippen LogP contribution in [0.25, 0.3) is 0 Å². The van der Waals surface area contributed by atoms with Crippen LogP contribution in [-0.4, -0.2) is 22.7 Å². The van der Waals surface area contributed by atoms with E-state index in [0.717, 1.165) is 18.4 Å². The summed E-state index contributed by atoms with van der Waals surface area (Å²) < 4.78 is 5.45. The van der Waals surface area contributed by atoms with Crippen LogP contribution in [0.1, 0.15) is 39.7 Å². The molecule has 19 heavy (non-hydrogen) atoms. The number of anilines is 1. The molecule has 4 nitrogen and oxygen atoms in total. The molecule has 5 heteroatoms. The second-order valence-corrected chi connectivity index (χ2v) is 6.24. The Morgan fingerprint density at radius 2 is 2.16 bits per heavy atom. The van der Waals surface area contributed by atoms with Gasteiger partial charge in [0.1, 0.15) is 16.6 Å². The van der Waals surface area contributed by atoms with Gasteiger partial charge in [-0.15, -0.1) is 0 Å². The Labute approximate surface area is 118 Å². The second kappa shape index (κ2) is 5.00. The summed E-state index contributed by atoms with van der Waals surface area (Å²) in [5.74, 6) is 0.625. The number of hydrogen-bond acceptors (Lipinski definition) is 3. The number of halogens is 1. The number of pyridine rings is 1. The predicted octanol–water partition coefficient (Wildman–Crippen LogP) is 3.81. The molecule has 0 saturated heterocycles. The minimum absolute atomic E-state index is 0.0633. The van der Waals surface area contributed by atoms with Crippen molar-refractivity contribution in [3.05, 3.63) is 22.8 Å². The van der Waals surface area contributed by atoms with Crippen molar-refractivity contribution < 1.29 is 9.53 Å². The first-order valence-corrected chi connectivity index (χ1v) is 6.83. The van der Waals surface area contributed by atoms with Crippen molar-refractivity contribution in [2.45, 2.75) is 52.2 Å². The molecule has 1 aromatic rings. The van der Waals surface area contributed by atoms with Crippen LogP contribution in [0, 0.1) is 0 Å². The topological polar surface area (TPSA) is 42.4 Å². The van der Waals surface area contributed by atoms with E-state index in [0.29, 0.717) is 11.0 Å². The van der Waals surface area contributed by atoms with Gasteiger partial charge in [-0.25, -0.2) is 9.78 Å². The molecule has 2 heterocycles. The number of carbonyl (C=O) groups is 1. The molecule has 0 saturated carbocycles. The molecule has 0 radical (unpaired) electrons. The molecule has 0 spiro atoms. The van der Waals surface area contributed by atoms with E-state index in [1.807, 2.05) is 33.8 Å². The molecule has 2 rings (SSSR count). The summed E-state index contributed by atoms with van der Waals surface area (Å²) in [6.07, 6.45) is 1.44. The van der Waals surface area contributed by atoms with Crippen molar-refractivity contribution in [3.63, 3.8) is 0 Å². The van der Waals surface area contributed by atoms with Crippen molar-refractivity contribution in [2.24, 2.45) is 0 Å². The maximum absolute atomic E-state index is 12.3. The Hall–Kier alpha value is -1.29. The fourth-order valence-corrected chi connectivity index (χ4v) is 2.28. The van der Waals surface area contributed by atoms with Gasteiger partial charge in [-0.3, -0.25) is 4.90 Å². The van der Waals surface area contributed by atoms with Gasteiger partial charge in [0, 0.05) is 6.04 Å². The summed E-state index contributed by atoms with van der Waals surface area (Å²) in [6.45, 7) is 7.55. The third-order valence-corrected chi connectivity index (χ3v) is 3.22. The van der Waals surface area contributed by atoms with E-state index in [-0.39, 0.29) is 12.1 Å². The zero-order chi connectivity index (χ0) is 14.2. The summed E-state index contributed by atoms with van der Waals surface area (Å²) >= 11 is 5.94. The summed E-state index contributed by atoms with van der Waals surface area (Å²) in [5.41, 5.74) is 0.515. The fourth-order valence-electron chi connectivity index (χ4n) is 2.14. The summed E-state index contributed by atoms with van der Waals surface area (Å²) in [5, 5.41) is 0.390. The van der Waals surface area contributed by atoms with Crippen LogP contribution < -0.4 is 4.90 Å². The van der Waals surface area contributed by atoms with E-state index in [2.05, 4.69) is 4.98 Å². The maximum Gasteiger partial charge on any atom is 0.416 e. The minimum atomic E-state index is -0.521. The number of carbonyl (C=O) groups excluding carboxylic acids is 1. The van der Waals surface area contributed by atoms with Gasteiger partial charge >= 0.3 is 6.09 Å². The van der Waals surface area contributed by atoms with Crippen molar-refractivity contribution in [3.8, 4) is 0 Å². The number of aromatic nitrogens is 1. The van der Waals surface area contributed by atoms with Gasteiger partial charge in [0.05, 0.1) is 0 Å². The van der Waals surface area contributed by atoms with E-state index < -0.39 is 5.60 Å². The van der Waals surface area contributed by atoms with E-state index in [1.54, 1.807) is 11.0 Å². The first-order valence-electron chi connectivity index (χ1n) is 6.45. The van der Waals surface area contributed by atoms with Gasteiger partial charge in [0.2, 0.25) is 0 Å². The summed E-state index contributed by atoms with van der Waals surface area (Å²) in [4.78, 5) is 18.2. The van der Waals surface area contributed by atoms with Crippen LogP contribution in [0.5, 0.6) is 0 Å². The lowest BCUT2D eigenvalue weighted by Crippen LogP contribution is -2.45. The molecule has 0 bridgehead atoms. The third kappa shape index (κ3) is 3.18. The molecular formula is C14H19ClN2O2. The van der Waals surface area contributed by atoms with E-state index in [9.17, 15) is 4.79 Å². The van der Waals surface area contributed by atoms with Gasteiger partial charge in [-0.05, 0) is 52.2 Å². The number of ether oxygens (including phenoxy) is 1. The molecule has 0 aromatic carbocycles. The zero-order valence-corrected chi connectivity index (χ0v) is 12.5. The maximum atomic E-state index is 12.3. The first kappa shape index (κ1) is 14.1. The van der Waals surface area contributed by atoms with Crippen LogP contribution in [0.4, 0.5) is 10.6 Å². The molecule has 0 N–H and O–H groups in total. The number of aryl methyl sites for hydroxylation is 1. The normalized spacial score (nSPS) is 19.0. The lowest BCUT2D eigenvalue weighted by molar-refractivity contribution is 0.0562. The van der Waals surface area contributed by atoms with Crippen LogP contribution >= 0.6 is 11.6 Å². The number of fused-ring (bicyclic) bond motifs is 1. The van der Waals surface area contributed by atoms with E-state index in [4.69, 9.17) is 16.3 Å². The molecule has 0 fully saturated rings. The van der Waals surface area contributed by atoms with Gasteiger partial charge in [-0.1, -0.05) is 17.7 Å². The highest BCUT2D eigenvalue weighted by Gasteiger charge is 2.32. The Kier molecular flexibility index (Phi) is 3.72. The molecule has 1 amide bonds. The average molecular weight is 283 g/mol. The van der Waals surface area contributed by atoms with Gasteiger partial charge < -0.3 is 4.74 Å². The highest BCUT2D eigenvalue weighted by Crippen LogP contribution is 2.31. The van der Waals surface area contributed by atoms with Crippen molar-refractivity contribution in [2.75, 3.05) is 4.90 Å². The van der Waals surface area contributed by atoms with Crippen molar-refractivity contribution in [1.29, 1.82) is 0 Å². The third-order valence-electron chi connectivity index (χ3n) is 3.01. The highest BCUT2D eigenvalue weighted by atomic mass is 35.5. The second-order valence-electron chi connectivity index (χ2n) is 5.85. The van der Waals surface area contributed by atoms with Gasteiger partial charge in [-0.2, -0.15) is 0 Å². The monoisotopic (exact) mass is 282 g/mol. The summed E-state index contributed by atoms with van der Waals surface area (Å²) in [6, 6.07) is 3.74. The Morgan fingerprint density at radius 3 is 2.79 bits per heavy atom. The predicted molar refractivity (Wildman–Crippen MR) is 75.7 cm³/mol. The molecule has 1 aliphatic heterocycles. The molecule has 0 aliphatic carbocycles. The summed E-state index contributed by atoms with van der Waals surface area (Å²) in [7, 11) is 0. The standard InChI is InChI=1S/C14H19ClN2O2/c1-9-5-6-10-7-8-11(15)16-12(10)17(9)13(18)19-14(2,3)4/h7-9H,5-6H2,1-4H3/t9-/m1/s1. The highest BCUT2D eigenvalue weighted by molar-refractivity contribution is 6.29. The minimum Gasteiger partial charge on any atom is -0.443 e. The number of amides is 1. The SMILES string of the molecule is C[C@@H]1CCc2ccc(Cl)nc2N1C(=O)OC(C)(C)C. The molecule has 0 unspecified atom stereocenters. The van der Waals surface area contributed by atoms with Gasteiger partial charge in [0.25, 0.3) is 0 Å². The zero-order valence-electron chi connectivity index (χ0n) is 11.7. The Balaban J connectivity index is 2.35. The number of rotatable bonds is 0. The Bertz CT molecular complexity index is 497. The molecular weight excluding hydrogens is 264 g/mol. The molecule has 1 aromatic heterocycles. The van der Waals surface area contributed by atoms with Crippen LogP contribution in [0.3, 0.4) is 0 Å². The van der Waals surface area contributed by atoms with Crippen LogP contribution in [0.2, 0.25) is 5.15 Å². The molecule has 104 valence electrons. The number of nitrogens with zero attached hydrogens (tertiary/aromatic N) is 2. The smallest absolute Gasteiger partial charge is 0.416 e. The fraction of sp³-hybridized carbons (Fsp3) is 0.571. The first-order chi connectivity index (χ1) is 8.78. The van der Waals surface area contributed by atoms with Crippen LogP contribution in [0.15, 0.2) is 12.1 Å². The van der Waals surface area contributed by atoms with Crippen molar-refractivity contribution in [1.82, 2.24) is 4.98 Å². The Morgan fingerprint density at radius 1 is 1.47 bits per heavy atom. The van der Waals surface area contributed by atoms with Crippen LogP contribution in [-0.2, 0) is 11.2 Å².